The van der Waals surface area contributed by atoms with Gasteiger partial charge in [0.2, 0.25) is 0 Å². The summed E-state index contributed by atoms with van der Waals surface area (Å²) < 4.78 is 4.77. The van der Waals surface area contributed by atoms with Gasteiger partial charge in [0.1, 0.15) is 5.41 Å². The first-order valence-corrected chi connectivity index (χ1v) is 7.03. The number of carbonyl (C=O) groups is 2. The standard InChI is InChI=1S/C15H19N3O4/c1-4-15(14(20)21)9(2)17-18-12(13(19)22-3)11(15)10-6-5-7-16-8-10/h5-9,11,17H,4H2,1-3H3,(H,20,21). The van der Waals surface area contributed by atoms with Crippen LogP contribution in [0.3, 0.4) is 0 Å². The topological polar surface area (TPSA) is 101 Å². The molecule has 0 aliphatic carbocycles. The minimum atomic E-state index is -1.21. The Morgan fingerprint density at radius 3 is 2.73 bits per heavy atom. The molecule has 0 saturated carbocycles. The minimum Gasteiger partial charge on any atom is -0.481 e. The zero-order valence-electron chi connectivity index (χ0n) is 12.7. The molecule has 3 unspecified atom stereocenters. The number of rotatable bonds is 4. The molecule has 0 radical (unpaired) electrons. The van der Waals surface area contributed by atoms with Gasteiger partial charge in [-0.25, -0.2) is 4.79 Å². The van der Waals surface area contributed by atoms with Gasteiger partial charge in [-0.3, -0.25) is 9.78 Å². The van der Waals surface area contributed by atoms with E-state index in [0.717, 1.165) is 0 Å². The van der Waals surface area contributed by atoms with Gasteiger partial charge in [0, 0.05) is 12.4 Å². The van der Waals surface area contributed by atoms with Crippen molar-refractivity contribution in [1.82, 2.24) is 10.4 Å². The van der Waals surface area contributed by atoms with Gasteiger partial charge in [-0.15, -0.1) is 0 Å². The highest BCUT2D eigenvalue weighted by molar-refractivity contribution is 6.39. The van der Waals surface area contributed by atoms with Gasteiger partial charge < -0.3 is 15.3 Å². The Morgan fingerprint density at radius 1 is 1.50 bits per heavy atom. The largest absolute Gasteiger partial charge is 0.481 e. The lowest BCUT2D eigenvalue weighted by atomic mass is 9.63. The molecule has 1 aromatic rings. The zero-order chi connectivity index (χ0) is 16.3. The van der Waals surface area contributed by atoms with Crippen molar-refractivity contribution in [1.29, 1.82) is 0 Å². The average Bonchev–Trinajstić information content (AvgIpc) is 2.54. The van der Waals surface area contributed by atoms with Crippen molar-refractivity contribution in [3.8, 4) is 0 Å². The van der Waals surface area contributed by atoms with Crippen LogP contribution in [-0.2, 0) is 14.3 Å². The monoisotopic (exact) mass is 305 g/mol. The highest BCUT2D eigenvalue weighted by Crippen LogP contribution is 2.45. The van der Waals surface area contributed by atoms with E-state index in [2.05, 4.69) is 15.5 Å². The number of nitrogens with zero attached hydrogens (tertiary/aromatic N) is 2. The summed E-state index contributed by atoms with van der Waals surface area (Å²) >= 11 is 0. The van der Waals surface area contributed by atoms with Gasteiger partial charge >= 0.3 is 11.9 Å². The van der Waals surface area contributed by atoms with Gasteiger partial charge in [-0.1, -0.05) is 13.0 Å². The summed E-state index contributed by atoms with van der Waals surface area (Å²) in [4.78, 5) is 28.2. The number of aliphatic carboxylic acids is 1. The van der Waals surface area contributed by atoms with Crippen LogP contribution in [0.2, 0.25) is 0 Å². The van der Waals surface area contributed by atoms with E-state index < -0.39 is 29.3 Å². The number of hydrazone groups is 1. The van der Waals surface area contributed by atoms with Crippen LogP contribution in [0.25, 0.3) is 0 Å². The molecule has 7 nitrogen and oxygen atoms in total. The molecule has 22 heavy (non-hydrogen) atoms. The molecule has 2 N–H and O–H groups in total. The fraction of sp³-hybridized carbons (Fsp3) is 0.467. The number of nitrogens with one attached hydrogen (secondary N) is 1. The summed E-state index contributed by atoms with van der Waals surface area (Å²) in [6.07, 6.45) is 3.48. The smallest absolute Gasteiger partial charge is 0.354 e. The quantitative estimate of drug-likeness (QED) is 0.810. The second-order valence-electron chi connectivity index (χ2n) is 5.26. The maximum absolute atomic E-state index is 12.1. The number of hydrogen-bond donors (Lipinski definition) is 2. The highest BCUT2D eigenvalue weighted by Gasteiger charge is 2.55. The Kier molecular flexibility index (Phi) is 4.44. The molecule has 118 valence electrons. The Hall–Kier alpha value is -2.44. The molecule has 0 saturated heterocycles. The summed E-state index contributed by atoms with van der Waals surface area (Å²) in [6, 6.07) is 3.01. The summed E-state index contributed by atoms with van der Waals surface area (Å²) in [5, 5.41) is 14.0. The number of esters is 1. The van der Waals surface area contributed by atoms with E-state index >= 15 is 0 Å². The second kappa shape index (κ2) is 6.13. The first-order valence-electron chi connectivity index (χ1n) is 7.03. The number of pyridine rings is 1. The van der Waals surface area contributed by atoms with E-state index in [1.165, 1.54) is 7.11 Å². The van der Waals surface area contributed by atoms with Crippen LogP contribution >= 0.6 is 0 Å². The van der Waals surface area contributed by atoms with E-state index in [0.29, 0.717) is 12.0 Å². The predicted octanol–water partition coefficient (Wildman–Crippen LogP) is 1.17. The number of carbonyl (C=O) groups excluding carboxylic acids is 1. The van der Waals surface area contributed by atoms with E-state index in [9.17, 15) is 14.7 Å². The summed E-state index contributed by atoms with van der Waals surface area (Å²) in [5.74, 6) is -2.36. The molecule has 0 spiro atoms. The van der Waals surface area contributed by atoms with Crippen LogP contribution in [0.5, 0.6) is 0 Å². The number of carboxylic acid groups (broad SMARTS) is 1. The van der Waals surface area contributed by atoms with E-state index in [1.54, 1.807) is 38.4 Å². The van der Waals surface area contributed by atoms with Crippen molar-refractivity contribution in [3.63, 3.8) is 0 Å². The molecule has 1 aliphatic rings. The molecule has 0 fully saturated rings. The molecule has 0 aromatic carbocycles. The summed E-state index contributed by atoms with van der Waals surface area (Å²) in [7, 11) is 1.25. The fourth-order valence-corrected chi connectivity index (χ4v) is 3.08. The lowest BCUT2D eigenvalue weighted by Crippen LogP contribution is -2.57. The van der Waals surface area contributed by atoms with Gasteiger partial charge in [0.05, 0.1) is 19.1 Å². The number of methoxy groups -OCH3 is 1. The van der Waals surface area contributed by atoms with Gasteiger partial charge in [0.15, 0.2) is 5.71 Å². The Labute approximate surface area is 128 Å². The van der Waals surface area contributed by atoms with Crippen molar-refractivity contribution >= 4 is 17.7 Å². The number of carboxylic acids is 1. The van der Waals surface area contributed by atoms with Crippen molar-refractivity contribution in [3.05, 3.63) is 30.1 Å². The van der Waals surface area contributed by atoms with E-state index in [1.807, 2.05) is 0 Å². The van der Waals surface area contributed by atoms with Crippen LogP contribution in [-0.4, -0.2) is 40.9 Å². The van der Waals surface area contributed by atoms with Crippen LogP contribution in [0, 0.1) is 5.41 Å². The first kappa shape index (κ1) is 15.9. The number of aromatic nitrogens is 1. The molecule has 0 bridgehead atoms. The van der Waals surface area contributed by atoms with Crippen LogP contribution in [0.15, 0.2) is 29.6 Å². The van der Waals surface area contributed by atoms with E-state index in [4.69, 9.17) is 4.74 Å². The second-order valence-corrected chi connectivity index (χ2v) is 5.26. The SMILES string of the molecule is CCC1(C(=O)O)C(C)NN=C(C(=O)OC)C1c1cccnc1. The average molecular weight is 305 g/mol. The Bertz CT molecular complexity index is 602. The lowest BCUT2D eigenvalue weighted by Gasteiger charge is -2.43. The molecular formula is C15H19N3O4. The molecular weight excluding hydrogens is 286 g/mol. The molecule has 0 amide bonds. The summed E-state index contributed by atoms with van der Waals surface area (Å²) in [6.45, 7) is 3.54. The molecule has 1 aliphatic heterocycles. The maximum atomic E-state index is 12.1. The fourth-order valence-electron chi connectivity index (χ4n) is 3.08. The molecule has 3 atom stereocenters. The molecule has 2 heterocycles. The third-order valence-electron chi connectivity index (χ3n) is 4.34. The maximum Gasteiger partial charge on any atom is 0.354 e. The van der Waals surface area contributed by atoms with Gasteiger partial charge in [0.25, 0.3) is 0 Å². The number of hydrogen-bond acceptors (Lipinski definition) is 6. The van der Waals surface area contributed by atoms with Crippen LogP contribution in [0.1, 0.15) is 31.7 Å². The van der Waals surface area contributed by atoms with E-state index in [-0.39, 0.29) is 5.71 Å². The normalized spacial score (nSPS) is 27.5. The lowest BCUT2D eigenvalue weighted by molar-refractivity contribution is -0.152. The van der Waals surface area contributed by atoms with Crippen molar-refractivity contribution in [2.24, 2.45) is 10.5 Å². The number of ether oxygens (including phenoxy) is 1. The Balaban J connectivity index is 2.68. The first-order chi connectivity index (χ1) is 10.5. The van der Waals surface area contributed by atoms with Crippen LogP contribution in [0.4, 0.5) is 0 Å². The molecule has 1 aromatic heterocycles. The van der Waals surface area contributed by atoms with Crippen LogP contribution < -0.4 is 5.43 Å². The molecule has 7 heteroatoms. The van der Waals surface area contributed by atoms with Crippen molar-refractivity contribution in [2.75, 3.05) is 7.11 Å². The predicted molar refractivity (Wildman–Crippen MR) is 79.4 cm³/mol. The third-order valence-corrected chi connectivity index (χ3v) is 4.34. The zero-order valence-corrected chi connectivity index (χ0v) is 12.7. The third kappa shape index (κ3) is 2.32. The Morgan fingerprint density at radius 2 is 2.23 bits per heavy atom. The van der Waals surface area contributed by atoms with Crippen molar-refractivity contribution < 1.29 is 19.4 Å². The highest BCUT2D eigenvalue weighted by atomic mass is 16.5. The van der Waals surface area contributed by atoms with Gasteiger partial charge in [-0.2, -0.15) is 5.10 Å². The summed E-state index contributed by atoms with van der Waals surface area (Å²) in [5.41, 5.74) is 2.22. The van der Waals surface area contributed by atoms with Crippen molar-refractivity contribution in [2.45, 2.75) is 32.2 Å². The minimum absolute atomic E-state index is 0.0536. The molecule has 2 rings (SSSR count). The van der Waals surface area contributed by atoms with Gasteiger partial charge in [-0.05, 0) is 25.0 Å².